The Hall–Kier alpha value is -4.16. The summed E-state index contributed by atoms with van der Waals surface area (Å²) in [5.41, 5.74) is -1.12. The highest BCUT2D eigenvalue weighted by atomic mass is 16.6. The minimum absolute atomic E-state index is 0.127. The topological polar surface area (TPSA) is 157 Å². The van der Waals surface area contributed by atoms with Gasteiger partial charge < -0.3 is 18.8 Å². The number of nitrogens with zero attached hydrogens (tertiary/aromatic N) is 2. The molecule has 29 heavy (non-hydrogen) atoms. The van der Waals surface area contributed by atoms with E-state index in [0.717, 1.165) is 46.2 Å². The molecule has 0 N–H and O–H groups in total. The number of ether oxygens (including phenoxy) is 2. The summed E-state index contributed by atoms with van der Waals surface area (Å²) < 4.78 is 19.3. The smallest absolute Gasteiger partial charge is 0.526 e. The van der Waals surface area contributed by atoms with E-state index >= 15 is 0 Å². The molecule has 13 heteroatoms. The molecular weight excluding hydrogens is 391 g/mol. The van der Waals surface area contributed by atoms with Gasteiger partial charge in [0.2, 0.25) is 0 Å². The van der Waals surface area contributed by atoms with Crippen molar-refractivity contribution in [3.63, 3.8) is 0 Å². The first kappa shape index (κ1) is 21.1. The van der Waals surface area contributed by atoms with Crippen LogP contribution in [0.5, 0.6) is 11.5 Å². The van der Waals surface area contributed by atoms with Crippen molar-refractivity contribution in [1.29, 1.82) is 0 Å². The molecule has 0 saturated carbocycles. The summed E-state index contributed by atoms with van der Waals surface area (Å²) in [4.78, 5) is 43.8. The molecular formula is C16H12BN2O10. The third-order valence-electron chi connectivity index (χ3n) is 3.41. The molecule has 1 radical (unpaired) electrons. The molecule has 0 saturated heterocycles. The molecule has 0 unspecified atom stereocenters. The Kier molecular flexibility index (Phi) is 6.69. The average Bonchev–Trinajstić information content (AvgIpc) is 2.71. The number of hydrogen-bond acceptors (Lipinski definition) is 10. The van der Waals surface area contributed by atoms with Gasteiger partial charge in [-0.3, -0.25) is 20.2 Å². The molecule has 0 atom stereocenters. The minimum atomic E-state index is -0.819. The number of carbonyl (C=O) groups excluding carboxylic acids is 2. The Balaban J connectivity index is 2.21. The maximum atomic E-state index is 11.6. The van der Waals surface area contributed by atoms with E-state index in [1.807, 2.05) is 0 Å². The van der Waals surface area contributed by atoms with Gasteiger partial charge in [0.1, 0.15) is 11.5 Å². The molecule has 0 spiro atoms. The molecule has 0 fully saturated rings. The second-order valence-corrected chi connectivity index (χ2v) is 5.26. The summed E-state index contributed by atoms with van der Waals surface area (Å²) in [6.45, 7) is 0. The highest BCUT2D eigenvalue weighted by Gasteiger charge is 2.18. The Morgan fingerprint density at radius 1 is 0.759 bits per heavy atom. The van der Waals surface area contributed by atoms with Gasteiger partial charge in [-0.05, 0) is 12.1 Å². The van der Waals surface area contributed by atoms with Crippen LogP contribution in [0.4, 0.5) is 11.4 Å². The van der Waals surface area contributed by atoms with E-state index < -0.39 is 33.2 Å². The van der Waals surface area contributed by atoms with Gasteiger partial charge in [-0.1, -0.05) is 0 Å². The van der Waals surface area contributed by atoms with Crippen molar-refractivity contribution in [1.82, 2.24) is 0 Å². The number of non-ortho nitro benzene ring substituents is 2. The normalized spacial score (nSPS) is 9.86. The van der Waals surface area contributed by atoms with Crippen LogP contribution >= 0.6 is 0 Å². The number of carbonyl (C=O) groups is 2. The molecule has 0 aliphatic carbocycles. The molecule has 12 nitrogen and oxygen atoms in total. The fourth-order valence-electron chi connectivity index (χ4n) is 2.12. The van der Waals surface area contributed by atoms with E-state index in [1.54, 1.807) is 0 Å². The lowest BCUT2D eigenvalue weighted by Gasteiger charge is -2.09. The largest absolute Gasteiger partial charge is 0.658 e. The van der Waals surface area contributed by atoms with E-state index in [-0.39, 0.29) is 22.6 Å². The molecule has 0 amide bonds. The molecule has 0 bridgehead atoms. The van der Waals surface area contributed by atoms with Crippen LogP contribution in [0.25, 0.3) is 0 Å². The fraction of sp³-hybridized carbons (Fsp3) is 0.125. The second-order valence-electron chi connectivity index (χ2n) is 5.26. The van der Waals surface area contributed by atoms with Crippen LogP contribution in [-0.4, -0.2) is 43.7 Å². The summed E-state index contributed by atoms with van der Waals surface area (Å²) >= 11 is 0. The SMILES string of the molecule is COC(=O)c1cc(O[B]Oc2cc(C(=O)OC)cc([N+](=O)[O-])c2)cc([N+](=O)[O-])c1. The predicted molar refractivity (Wildman–Crippen MR) is 95.9 cm³/mol. The van der Waals surface area contributed by atoms with Crippen molar-refractivity contribution < 1.29 is 38.2 Å². The number of hydrogen-bond donors (Lipinski definition) is 0. The highest BCUT2D eigenvalue weighted by molar-refractivity contribution is 6.20. The number of benzene rings is 2. The summed E-state index contributed by atoms with van der Waals surface area (Å²) in [5, 5.41) is 22.0. The highest BCUT2D eigenvalue weighted by Crippen LogP contribution is 2.25. The lowest BCUT2D eigenvalue weighted by Crippen LogP contribution is -2.13. The number of esters is 2. The fourth-order valence-corrected chi connectivity index (χ4v) is 2.12. The summed E-state index contributed by atoms with van der Waals surface area (Å²) in [5.74, 6) is -1.89. The summed E-state index contributed by atoms with van der Waals surface area (Å²) in [7, 11) is 2.94. The van der Waals surface area contributed by atoms with Crippen LogP contribution < -0.4 is 9.31 Å². The number of nitro benzene ring substituents is 2. The first-order chi connectivity index (χ1) is 13.7. The van der Waals surface area contributed by atoms with Gasteiger partial charge in [-0.15, -0.1) is 0 Å². The first-order valence-corrected chi connectivity index (χ1v) is 7.65. The summed E-state index contributed by atoms with van der Waals surface area (Å²) in [6.07, 6.45) is 0. The number of rotatable bonds is 8. The molecule has 2 rings (SSSR count). The maximum Gasteiger partial charge on any atom is 0.658 e. The quantitative estimate of drug-likeness (QED) is 0.276. The molecule has 0 aromatic heterocycles. The maximum absolute atomic E-state index is 11.6. The Morgan fingerprint density at radius 2 is 1.14 bits per heavy atom. The zero-order valence-electron chi connectivity index (χ0n) is 15.0. The minimum Gasteiger partial charge on any atom is -0.526 e. The van der Waals surface area contributed by atoms with Crippen molar-refractivity contribution in [3.8, 4) is 11.5 Å². The first-order valence-electron chi connectivity index (χ1n) is 7.65. The van der Waals surface area contributed by atoms with Gasteiger partial charge in [0.05, 0.1) is 47.3 Å². The van der Waals surface area contributed by atoms with Crippen LogP contribution in [0, 0.1) is 20.2 Å². The van der Waals surface area contributed by atoms with Crippen molar-refractivity contribution in [2.24, 2.45) is 0 Å². The average molecular weight is 403 g/mol. The van der Waals surface area contributed by atoms with Gasteiger partial charge in [-0.25, -0.2) is 9.59 Å². The van der Waals surface area contributed by atoms with E-state index in [2.05, 4.69) is 9.47 Å². The van der Waals surface area contributed by atoms with E-state index in [1.165, 1.54) is 12.1 Å². The monoisotopic (exact) mass is 403 g/mol. The third kappa shape index (κ3) is 5.41. The Labute approximate surface area is 163 Å². The Bertz CT molecular complexity index is 901. The van der Waals surface area contributed by atoms with Crippen LogP contribution in [0.3, 0.4) is 0 Å². The van der Waals surface area contributed by atoms with Gasteiger partial charge in [-0.2, -0.15) is 0 Å². The van der Waals surface area contributed by atoms with Gasteiger partial charge in [0.25, 0.3) is 11.4 Å². The predicted octanol–water partition coefficient (Wildman–Crippen LogP) is 2.07. The van der Waals surface area contributed by atoms with Gasteiger partial charge in [0.15, 0.2) is 0 Å². The van der Waals surface area contributed by atoms with Crippen molar-refractivity contribution in [3.05, 3.63) is 67.8 Å². The number of methoxy groups -OCH3 is 2. The standard InChI is InChI=1S/C16H12BN2O10/c1-26-15(20)9-3-11(18(22)23)7-13(5-9)28-17-29-14-6-10(16(21)27-2)4-12(8-14)19(24)25/h3-8H,1-2H3. The van der Waals surface area contributed by atoms with Crippen LogP contribution in [0.15, 0.2) is 36.4 Å². The second kappa shape index (κ2) is 9.17. The van der Waals surface area contributed by atoms with Crippen molar-refractivity contribution >= 4 is 31.0 Å². The van der Waals surface area contributed by atoms with Crippen LogP contribution in [0.1, 0.15) is 20.7 Å². The molecule has 0 heterocycles. The van der Waals surface area contributed by atoms with E-state index in [4.69, 9.17) is 9.31 Å². The van der Waals surface area contributed by atoms with Crippen molar-refractivity contribution in [2.75, 3.05) is 14.2 Å². The lowest BCUT2D eigenvalue weighted by molar-refractivity contribution is -0.385. The summed E-state index contributed by atoms with van der Waals surface area (Å²) in [6, 6.07) is 6.41. The molecule has 2 aromatic rings. The lowest BCUT2D eigenvalue weighted by atomic mass is 10.1. The van der Waals surface area contributed by atoms with Crippen LogP contribution in [-0.2, 0) is 9.47 Å². The molecule has 0 aliphatic heterocycles. The molecule has 0 aliphatic rings. The third-order valence-corrected chi connectivity index (χ3v) is 3.41. The van der Waals surface area contributed by atoms with Crippen molar-refractivity contribution in [2.45, 2.75) is 0 Å². The van der Waals surface area contributed by atoms with Crippen LogP contribution in [0.2, 0.25) is 0 Å². The number of nitro groups is 2. The molecule has 149 valence electrons. The van der Waals surface area contributed by atoms with E-state index in [9.17, 15) is 29.8 Å². The molecule has 2 aromatic carbocycles. The van der Waals surface area contributed by atoms with Gasteiger partial charge >= 0.3 is 19.6 Å². The Morgan fingerprint density at radius 3 is 1.45 bits per heavy atom. The van der Waals surface area contributed by atoms with Gasteiger partial charge in [0, 0.05) is 12.1 Å². The zero-order valence-corrected chi connectivity index (χ0v) is 15.0. The zero-order chi connectivity index (χ0) is 21.6. The van der Waals surface area contributed by atoms with E-state index in [0.29, 0.717) is 0 Å².